The third-order valence-corrected chi connectivity index (χ3v) is 3.49. The Kier molecular flexibility index (Phi) is 4.86. The molecule has 0 bridgehead atoms. The summed E-state index contributed by atoms with van der Waals surface area (Å²) < 4.78 is 13.4. The van der Waals surface area contributed by atoms with Crippen LogP contribution in [-0.4, -0.2) is 42.8 Å². The number of nitrogens with one attached hydrogen (secondary N) is 1. The summed E-state index contributed by atoms with van der Waals surface area (Å²) in [6, 6.07) is 6.54. The second kappa shape index (κ2) is 6.62. The van der Waals surface area contributed by atoms with Crippen LogP contribution in [-0.2, 0) is 0 Å². The molecular weight excluding hydrogens is 245 g/mol. The maximum Gasteiger partial charge on any atom is 0.140 e. The van der Waals surface area contributed by atoms with Crippen LogP contribution in [0.5, 0.6) is 0 Å². The number of nitrogens with zero attached hydrogens (tertiary/aromatic N) is 2. The lowest BCUT2D eigenvalue weighted by Crippen LogP contribution is -2.45. The van der Waals surface area contributed by atoms with E-state index in [9.17, 15) is 9.50 Å². The largest absolute Gasteiger partial charge is 0.396 e. The summed E-state index contributed by atoms with van der Waals surface area (Å²) in [7, 11) is 0. The molecule has 1 fully saturated rings. The van der Waals surface area contributed by atoms with Crippen LogP contribution in [0.1, 0.15) is 23.6 Å². The van der Waals surface area contributed by atoms with Crippen molar-refractivity contribution in [3.8, 4) is 6.07 Å². The number of aliphatic hydroxyl groups is 1. The first-order valence-electron chi connectivity index (χ1n) is 6.51. The summed E-state index contributed by atoms with van der Waals surface area (Å²) >= 11 is 0. The molecule has 19 heavy (non-hydrogen) atoms. The zero-order chi connectivity index (χ0) is 13.7. The van der Waals surface area contributed by atoms with Crippen molar-refractivity contribution in [2.75, 3.05) is 32.8 Å². The molecule has 0 aliphatic carbocycles. The molecule has 0 radical (unpaired) electrons. The molecule has 4 nitrogen and oxygen atoms in total. The van der Waals surface area contributed by atoms with Crippen molar-refractivity contribution < 1.29 is 9.50 Å². The van der Waals surface area contributed by atoms with E-state index in [1.54, 1.807) is 12.1 Å². The number of aliphatic hydroxyl groups excluding tert-OH is 1. The van der Waals surface area contributed by atoms with Gasteiger partial charge in [0.2, 0.25) is 0 Å². The Morgan fingerprint density at radius 3 is 2.79 bits per heavy atom. The van der Waals surface area contributed by atoms with Gasteiger partial charge in [0.05, 0.1) is 5.56 Å². The Morgan fingerprint density at radius 1 is 1.42 bits per heavy atom. The normalized spacial score (nSPS) is 17.9. The van der Waals surface area contributed by atoms with Crippen LogP contribution < -0.4 is 5.32 Å². The monoisotopic (exact) mass is 263 g/mol. The maximum absolute atomic E-state index is 13.4. The highest BCUT2D eigenvalue weighted by atomic mass is 19.1. The third-order valence-electron chi connectivity index (χ3n) is 3.49. The van der Waals surface area contributed by atoms with E-state index in [1.165, 1.54) is 6.07 Å². The summed E-state index contributed by atoms with van der Waals surface area (Å²) in [6.45, 7) is 3.68. The summed E-state index contributed by atoms with van der Waals surface area (Å²) in [4.78, 5) is 2.26. The van der Waals surface area contributed by atoms with E-state index in [2.05, 4.69) is 10.2 Å². The second-order valence-corrected chi connectivity index (χ2v) is 4.67. The van der Waals surface area contributed by atoms with Crippen molar-refractivity contribution in [1.29, 1.82) is 5.26 Å². The number of hydrogen-bond donors (Lipinski definition) is 2. The van der Waals surface area contributed by atoms with Gasteiger partial charge >= 0.3 is 0 Å². The molecular formula is C14H18FN3O. The molecule has 1 saturated heterocycles. The highest BCUT2D eigenvalue weighted by molar-refractivity contribution is 5.35. The topological polar surface area (TPSA) is 59.3 Å². The maximum atomic E-state index is 13.4. The Morgan fingerprint density at radius 2 is 2.16 bits per heavy atom. The van der Waals surface area contributed by atoms with E-state index in [1.807, 2.05) is 6.07 Å². The zero-order valence-electron chi connectivity index (χ0n) is 10.8. The molecule has 1 aromatic carbocycles. The molecule has 0 amide bonds. The second-order valence-electron chi connectivity index (χ2n) is 4.67. The number of benzene rings is 1. The number of halogens is 1. The molecule has 2 rings (SSSR count). The van der Waals surface area contributed by atoms with E-state index in [0.29, 0.717) is 6.42 Å². The van der Waals surface area contributed by atoms with Crippen LogP contribution >= 0.6 is 0 Å². The third kappa shape index (κ3) is 3.29. The van der Waals surface area contributed by atoms with Crippen molar-refractivity contribution in [3.05, 3.63) is 35.1 Å². The smallest absolute Gasteiger partial charge is 0.140 e. The van der Waals surface area contributed by atoms with Gasteiger partial charge in [-0.2, -0.15) is 5.26 Å². The Balaban J connectivity index is 2.25. The van der Waals surface area contributed by atoms with Crippen molar-refractivity contribution in [1.82, 2.24) is 10.2 Å². The van der Waals surface area contributed by atoms with Gasteiger partial charge in [-0.1, -0.05) is 6.07 Å². The molecule has 1 aliphatic heterocycles. The zero-order valence-corrected chi connectivity index (χ0v) is 10.8. The molecule has 0 aromatic heterocycles. The number of piperazine rings is 1. The first-order chi connectivity index (χ1) is 9.26. The van der Waals surface area contributed by atoms with Gasteiger partial charge in [0.25, 0.3) is 0 Å². The van der Waals surface area contributed by atoms with Gasteiger partial charge in [0.1, 0.15) is 11.9 Å². The molecule has 102 valence electrons. The van der Waals surface area contributed by atoms with Crippen LogP contribution in [0.25, 0.3) is 0 Å². The van der Waals surface area contributed by atoms with Crippen molar-refractivity contribution in [2.45, 2.75) is 12.5 Å². The van der Waals surface area contributed by atoms with Gasteiger partial charge < -0.3 is 10.4 Å². The lowest BCUT2D eigenvalue weighted by atomic mass is 9.99. The fourth-order valence-electron chi connectivity index (χ4n) is 2.51. The van der Waals surface area contributed by atoms with Gasteiger partial charge in [-0.15, -0.1) is 0 Å². The minimum Gasteiger partial charge on any atom is -0.396 e. The van der Waals surface area contributed by atoms with E-state index < -0.39 is 5.82 Å². The molecule has 5 heteroatoms. The summed E-state index contributed by atoms with van der Waals surface area (Å²) in [5, 5.41) is 21.4. The van der Waals surface area contributed by atoms with Crippen molar-refractivity contribution in [2.24, 2.45) is 0 Å². The SMILES string of the molecule is N#Cc1cc([C@H](CCO)N2CCNCC2)ccc1F. The minimum absolute atomic E-state index is 0.0415. The molecule has 0 spiro atoms. The summed E-state index contributed by atoms with van der Waals surface area (Å²) in [6.07, 6.45) is 0.594. The van der Waals surface area contributed by atoms with Crippen molar-refractivity contribution >= 4 is 0 Å². The molecule has 1 atom stereocenters. The lowest BCUT2D eigenvalue weighted by Gasteiger charge is -2.35. The van der Waals surface area contributed by atoms with E-state index in [-0.39, 0.29) is 18.2 Å². The van der Waals surface area contributed by atoms with Crippen LogP contribution in [0.3, 0.4) is 0 Å². The number of hydrogen-bond acceptors (Lipinski definition) is 4. The van der Waals surface area contributed by atoms with Crippen LogP contribution in [0.4, 0.5) is 4.39 Å². The van der Waals surface area contributed by atoms with Gasteiger partial charge in [0, 0.05) is 38.8 Å². The molecule has 0 unspecified atom stereocenters. The molecule has 2 N–H and O–H groups in total. The molecule has 0 saturated carbocycles. The lowest BCUT2D eigenvalue weighted by molar-refractivity contribution is 0.141. The number of nitriles is 1. The van der Waals surface area contributed by atoms with Gasteiger partial charge in [0.15, 0.2) is 0 Å². The van der Waals surface area contributed by atoms with Gasteiger partial charge in [-0.05, 0) is 24.1 Å². The number of rotatable bonds is 4. The van der Waals surface area contributed by atoms with Gasteiger partial charge in [-0.3, -0.25) is 4.90 Å². The predicted molar refractivity (Wildman–Crippen MR) is 70.0 cm³/mol. The molecule has 1 heterocycles. The quantitative estimate of drug-likeness (QED) is 0.851. The van der Waals surface area contributed by atoms with Crippen LogP contribution in [0.15, 0.2) is 18.2 Å². The predicted octanol–water partition coefficient (Wildman–Crippen LogP) is 1.03. The highest BCUT2D eigenvalue weighted by Crippen LogP contribution is 2.26. The minimum atomic E-state index is -0.491. The summed E-state index contributed by atoms with van der Waals surface area (Å²) in [5.74, 6) is -0.491. The van der Waals surface area contributed by atoms with Crippen LogP contribution in [0.2, 0.25) is 0 Å². The summed E-state index contributed by atoms with van der Waals surface area (Å²) in [5.41, 5.74) is 0.962. The Bertz CT molecular complexity index is 466. The fraction of sp³-hybridized carbons (Fsp3) is 0.500. The fourth-order valence-corrected chi connectivity index (χ4v) is 2.51. The standard InChI is InChI=1S/C14H18FN3O/c15-13-2-1-11(9-12(13)10-16)14(3-8-19)18-6-4-17-5-7-18/h1-2,9,14,17,19H,3-8H2/t14-/m0/s1. The van der Waals surface area contributed by atoms with Crippen molar-refractivity contribution in [3.63, 3.8) is 0 Å². The Labute approximate surface area is 112 Å². The first kappa shape index (κ1) is 13.9. The molecule has 1 aliphatic rings. The average molecular weight is 263 g/mol. The first-order valence-corrected chi connectivity index (χ1v) is 6.51. The van der Waals surface area contributed by atoms with E-state index >= 15 is 0 Å². The Hall–Kier alpha value is -1.48. The van der Waals surface area contributed by atoms with E-state index in [4.69, 9.17) is 5.26 Å². The van der Waals surface area contributed by atoms with Crippen LogP contribution in [0, 0.1) is 17.1 Å². The molecule has 1 aromatic rings. The highest BCUT2D eigenvalue weighted by Gasteiger charge is 2.22. The van der Waals surface area contributed by atoms with Gasteiger partial charge in [-0.25, -0.2) is 4.39 Å². The van der Waals surface area contributed by atoms with E-state index in [0.717, 1.165) is 31.7 Å². The average Bonchev–Trinajstić information content (AvgIpc) is 2.46.